The van der Waals surface area contributed by atoms with Crippen molar-refractivity contribution in [3.63, 3.8) is 0 Å². The molecule has 0 spiro atoms. The van der Waals surface area contributed by atoms with Crippen molar-refractivity contribution in [2.75, 3.05) is 0 Å². The molecule has 6 nitrogen and oxygen atoms in total. The standard InChI is InChI=1S/C16H13N5OS/c1-11-6-5-9-13(10-11)17-20-21-15(22)14(18-19-16(21)23)12-7-3-2-4-8-12/h2-10H,1H3,(H,19,23). The van der Waals surface area contributed by atoms with Crippen molar-refractivity contribution in [2.45, 2.75) is 6.92 Å². The maximum absolute atomic E-state index is 12.5. The van der Waals surface area contributed by atoms with Crippen molar-refractivity contribution >= 4 is 17.9 Å². The highest BCUT2D eigenvalue weighted by atomic mass is 32.1. The number of hydrogen-bond donors (Lipinski definition) is 1. The minimum absolute atomic E-state index is 0.0890. The zero-order chi connectivity index (χ0) is 16.2. The van der Waals surface area contributed by atoms with Crippen LogP contribution in [0.5, 0.6) is 0 Å². The van der Waals surface area contributed by atoms with Gasteiger partial charge in [0.05, 0.1) is 5.69 Å². The Kier molecular flexibility index (Phi) is 4.20. The predicted molar refractivity (Wildman–Crippen MR) is 90.2 cm³/mol. The van der Waals surface area contributed by atoms with Gasteiger partial charge in [-0.2, -0.15) is 5.10 Å². The Labute approximate surface area is 137 Å². The lowest BCUT2D eigenvalue weighted by atomic mass is 10.2. The summed E-state index contributed by atoms with van der Waals surface area (Å²) in [4.78, 5) is 12.5. The molecule has 114 valence electrons. The predicted octanol–water partition coefficient (Wildman–Crippen LogP) is 3.82. The summed E-state index contributed by atoms with van der Waals surface area (Å²) >= 11 is 5.08. The van der Waals surface area contributed by atoms with Gasteiger partial charge in [0.2, 0.25) is 4.77 Å². The van der Waals surface area contributed by atoms with Gasteiger partial charge in [0.15, 0.2) is 5.69 Å². The van der Waals surface area contributed by atoms with E-state index in [0.717, 1.165) is 10.2 Å². The fraction of sp³-hybridized carbons (Fsp3) is 0.0625. The molecule has 1 aromatic heterocycles. The van der Waals surface area contributed by atoms with Gasteiger partial charge < -0.3 is 0 Å². The summed E-state index contributed by atoms with van der Waals surface area (Å²) in [6.45, 7) is 1.96. The molecule has 0 fully saturated rings. The lowest BCUT2D eigenvalue weighted by Crippen LogP contribution is -2.21. The molecule has 1 N–H and O–H groups in total. The lowest BCUT2D eigenvalue weighted by Gasteiger charge is -2.02. The number of rotatable bonds is 3. The van der Waals surface area contributed by atoms with Crippen LogP contribution in [0.15, 0.2) is 69.7 Å². The van der Waals surface area contributed by atoms with Gasteiger partial charge in [0, 0.05) is 5.56 Å². The number of aromatic amines is 1. The molecule has 7 heteroatoms. The fourth-order valence-electron chi connectivity index (χ4n) is 2.04. The molecule has 23 heavy (non-hydrogen) atoms. The summed E-state index contributed by atoms with van der Waals surface area (Å²) in [6.07, 6.45) is 0. The zero-order valence-electron chi connectivity index (χ0n) is 12.3. The van der Waals surface area contributed by atoms with E-state index >= 15 is 0 Å². The van der Waals surface area contributed by atoms with Crippen LogP contribution in [0.2, 0.25) is 0 Å². The Bertz CT molecular complexity index is 976. The molecule has 0 aliphatic rings. The summed E-state index contributed by atoms with van der Waals surface area (Å²) in [7, 11) is 0. The molecule has 0 saturated carbocycles. The van der Waals surface area contributed by atoms with Gasteiger partial charge in [-0.25, -0.2) is 0 Å². The molecule has 1 heterocycles. The fourth-order valence-corrected chi connectivity index (χ4v) is 2.21. The monoisotopic (exact) mass is 323 g/mol. The topological polar surface area (TPSA) is 75.4 Å². The Morgan fingerprint density at radius 3 is 2.65 bits per heavy atom. The largest absolute Gasteiger partial charge is 0.303 e. The van der Waals surface area contributed by atoms with Crippen LogP contribution in [0.4, 0.5) is 5.69 Å². The highest BCUT2D eigenvalue weighted by molar-refractivity contribution is 7.71. The highest BCUT2D eigenvalue weighted by Crippen LogP contribution is 2.14. The Morgan fingerprint density at radius 1 is 1.13 bits per heavy atom. The van der Waals surface area contributed by atoms with Gasteiger partial charge in [-0.05, 0) is 36.8 Å². The maximum atomic E-state index is 12.5. The normalized spacial score (nSPS) is 11.0. The van der Waals surface area contributed by atoms with E-state index in [-0.39, 0.29) is 10.5 Å². The van der Waals surface area contributed by atoms with Crippen LogP contribution >= 0.6 is 12.2 Å². The van der Waals surface area contributed by atoms with E-state index in [1.807, 2.05) is 43.3 Å². The summed E-state index contributed by atoms with van der Waals surface area (Å²) < 4.78 is 1.12. The van der Waals surface area contributed by atoms with Crippen LogP contribution in [0.3, 0.4) is 0 Å². The van der Waals surface area contributed by atoms with Gasteiger partial charge in [-0.15, -0.1) is 9.79 Å². The Hall–Kier alpha value is -2.93. The molecule has 0 bridgehead atoms. The summed E-state index contributed by atoms with van der Waals surface area (Å²) in [5.74, 6) is 0. The Balaban J connectivity index is 2.06. The molecule has 0 unspecified atom stereocenters. The van der Waals surface area contributed by atoms with Gasteiger partial charge in [-0.3, -0.25) is 9.89 Å². The zero-order valence-corrected chi connectivity index (χ0v) is 13.1. The second kappa shape index (κ2) is 6.45. The second-order valence-corrected chi connectivity index (χ2v) is 5.28. The van der Waals surface area contributed by atoms with Crippen LogP contribution in [-0.4, -0.2) is 14.9 Å². The third kappa shape index (κ3) is 3.29. The van der Waals surface area contributed by atoms with Gasteiger partial charge in [0.1, 0.15) is 0 Å². The minimum atomic E-state index is -0.420. The number of aromatic nitrogens is 3. The van der Waals surface area contributed by atoms with Crippen LogP contribution < -0.4 is 5.56 Å². The van der Waals surface area contributed by atoms with Crippen LogP contribution in [-0.2, 0) is 0 Å². The van der Waals surface area contributed by atoms with Crippen molar-refractivity contribution in [2.24, 2.45) is 10.3 Å². The highest BCUT2D eigenvalue weighted by Gasteiger charge is 2.09. The van der Waals surface area contributed by atoms with E-state index in [1.165, 1.54) is 0 Å². The molecule has 3 rings (SSSR count). The average molecular weight is 323 g/mol. The lowest BCUT2D eigenvalue weighted by molar-refractivity contribution is 0.700. The summed E-state index contributed by atoms with van der Waals surface area (Å²) in [5, 5.41) is 14.7. The number of aryl methyl sites for hydroxylation is 1. The first-order valence-electron chi connectivity index (χ1n) is 6.91. The van der Waals surface area contributed by atoms with E-state index < -0.39 is 5.56 Å². The average Bonchev–Trinajstić information content (AvgIpc) is 2.55. The van der Waals surface area contributed by atoms with Crippen molar-refractivity contribution in [3.05, 3.63) is 75.3 Å². The van der Waals surface area contributed by atoms with E-state index in [4.69, 9.17) is 12.2 Å². The van der Waals surface area contributed by atoms with Crippen molar-refractivity contribution in [1.82, 2.24) is 14.9 Å². The first kappa shape index (κ1) is 15.0. The van der Waals surface area contributed by atoms with Crippen LogP contribution in [0.1, 0.15) is 5.56 Å². The number of H-pyrrole nitrogens is 1. The number of nitrogens with one attached hydrogen (secondary N) is 1. The third-order valence-corrected chi connectivity index (χ3v) is 3.41. The summed E-state index contributed by atoms with van der Waals surface area (Å²) in [6, 6.07) is 16.6. The number of benzene rings is 2. The van der Waals surface area contributed by atoms with Crippen molar-refractivity contribution < 1.29 is 0 Å². The van der Waals surface area contributed by atoms with E-state index in [0.29, 0.717) is 11.3 Å². The van der Waals surface area contributed by atoms with Gasteiger partial charge in [0.25, 0.3) is 0 Å². The molecule has 0 atom stereocenters. The first-order valence-corrected chi connectivity index (χ1v) is 7.32. The molecule has 0 aliphatic heterocycles. The molecular weight excluding hydrogens is 310 g/mol. The summed E-state index contributed by atoms with van der Waals surface area (Å²) in [5.41, 5.74) is 2.20. The van der Waals surface area contributed by atoms with Crippen molar-refractivity contribution in [3.8, 4) is 11.3 Å². The van der Waals surface area contributed by atoms with E-state index in [2.05, 4.69) is 20.5 Å². The minimum Gasteiger partial charge on any atom is -0.265 e. The SMILES string of the molecule is Cc1cccc(N=Nn2c(=S)[nH]nc(-c3ccccc3)c2=O)c1. The smallest absolute Gasteiger partial charge is 0.265 e. The number of nitrogens with zero attached hydrogens (tertiary/aromatic N) is 4. The quantitative estimate of drug-likeness (QED) is 0.588. The second-order valence-electron chi connectivity index (χ2n) is 4.89. The van der Waals surface area contributed by atoms with Gasteiger partial charge >= 0.3 is 5.56 Å². The molecular formula is C16H13N5OS. The van der Waals surface area contributed by atoms with Crippen molar-refractivity contribution in [1.29, 1.82) is 0 Å². The molecule has 2 aromatic carbocycles. The molecule has 0 radical (unpaired) electrons. The maximum Gasteiger partial charge on any atom is 0.303 e. The van der Waals surface area contributed by atoms with Crippen LogP contribution in [0.25, 0.3) is 11.3 Å². The molecule has 0 saturated heterocycles. The van der Waals surface area contributed by atoms with E-state index in [9.17, 15) is 4.79 Å². The van der Waals surface area contributed by atoms with Gasteiger partial charge in [-0.1, -0.05) is 47.7 Å². The number of hydrogen-bond acceptors (Lipinski definition) is 5. The first-order chi connectivity index (χ1) is 11.1. The molecule has 0 aliphatic carbocycles. The molecule has 0 amide bonds. The Morgan fingerprint density at radius 2 is 1.91 bits per heavy atom. The molecule has 3 aromatic rings. The van der Waals surface area contributed by atoms with E-state index in [1.54, 1.807) is 18.2 Å². The van der Waals surface area contributed by atoms with Crippen LogP contribution in [0, 0.1) is 11.7 Å². The third-order valence-electron chi connectivity index (χ3n) is 3.15.